The molecule has 41 heavy (non-hydrogen) atoms. The lowest BCUT2D eigenvalue weighted by Crippen LogP contribution is -2.35. The van der Waals surface area contributed by atoms with Crippen LogP contribution in [0.1, 0.15) is 100.0 Å². The number of benzene rings is 1. The van der Waals surface area contributed by atoms with Gasteiger partial charge < -0.3 is 14.8 Å². The molecule has 228 valence electrons. The standard InChI is InChI=1S/C25H33N5O3.3C2H6.C2H2/c1-4-23(27-11-10-25(2,3)33)30(24(31)32)16-20-7-5-6-19(12-20)15-29-17-28-21-9-8-18(14-26)13-22(21)29;4*1-2/h4,8-9,11,13,17,19-20,33H,5-7,10,12,15-16H2,1-3H3,(H,31,32);3*1-2H3;1-2H/b23-4+,27-11-;;;;/t19-,20+;;;;/m0..../s1. The van der Waals surface area contributed by atoms with E-state index in [4.69, 9.17) is 0 Å². The van der Waals surface area contributed by atoms with Crippen molar-refractivity contribution in [2.45, 2.75) is 107 Å². The van der Waals surface area contributed by atoms with Crippen LogP contribution >= 0.6 is 0 Å². The minimum absolute atomic E-state index is 0.240. The summed E-state index contributed by atoms with van der Waals surface area (Å²) < 4.78 is 2.11. The Morgan fingerprint density at radius 2 is 1.80 bits per heavy atom. The van der Waals surface area contributed by atoms with Crippen molar-refractivity contribution >= 4 is 23.3 Å². The summed E-state index contributed by atoms with van der Waals surface area (Å²) in [5.74, 6) is 1.04. The second-order valence-corrected chi connectivity index (χ2v) is 9.48. The molecule has 2 atom stereocenters. The number of terminal acetylenes is 1. The van der Waals surface area contributed by atoms with E-state index in [1.807, 2.05) is 60.0 Å². The van der Waals surface area contributed by atoms with Crippen LogP contribution < -0.4 is 0 Å². The third-order valence-corrected chi connectivity index (χ3v) is 6.12. The zero-order valence-corrected chi connectivity index (χ0v) is 26.8. The fraction of sp³-hybridized carbons (Fsp3) is 0.576. The minimum atomic E-state index is -1.02. The molecule has 1 aromatic heterocycles. The lowest BCUT2D eigenvalue weighted by atomic mass is 9.81. The number of aliphatic hydroxyl groups is 1. The fourth-order valence-electron chi connectivity index (χ4n) is 4.47. The van der Waals surface area contributed by atoms with E-state index >= 15 is 0 Å². The maximum absolute atomic E-state index is 12.0. The van der Waals surface area contributed by atoms with Gasteiger partial charge in [0.2, 0.25) is 0 Å². The number of aromatic nitrogens is 2. The Morgan fingerprint density at radius 1 is 1.20 bits per heavy atom. The number of nitriles is 1. The SMILES string of the molecule is C#C.C/C=C(\N=C/CC(C)(C)O)N(C[C@@H]1CCC[C@H](Cn2cnc3ccc(C#N)cc32)C1)C(=O)O.CC.CC.CC. The maximum Gasteiger partial charge on any atom is 0.413 e. The van der Waals surface area contributed by atoms with Gasteiger partial charge in [-0.15, -0.1) is 12.8 Å². The molecule has 1 aromatic carbocycles. The first-order valence-electron chi connectivity index (χ1n) is 14.8. The van der Waals surface area contributed by atoms with Crippen molar-refractivity contribution in [1.82, 2.24) is 14.5 Å². The average molecular weight is 568 g/mol. The molecular formula is C33H53N5O3. The van der Waals surface area contributed by atoms with Crippen molar-refractivity contribution in [1.29, 1.82) is 5.26 Å². The Bertz CT molecular complexity index is 1120. The molecule has 0 radical (unpaired) electrons. The van der Waals surface area contributed by atoms with Crippen LogP contribution in [-0.4, -0.2) is 49.1 Å². The van der Waals surface area contributed by atoms with E-state index in [2.05, 4.69) is 33.5 Å². The monoisotopic (exact) mass is 567 g/mol. The van der Waals surface area contributed by atoms with Crippen LogP contribution in [0.15, 0.2) is 41.4 Å². The lowest BCUT2D eigenvalue weighted by Gasteiger charge is -2.32. The summed E-state index contributed by atoms with van der Waals surface area (Å²) in [6.45, 7) is 18.4. The van der Waals surface area contributed by atoms with Crippen molar-refractivity contribution in [2.24, 2.45) is 16.8 Å². The average Bonchev–Trinajstić information content (AvgIpc) is 3.39. The number of allylic oxidation sites excluding steroid dienone is 1. The van der Waals surface area contributed by atoms with Gasteiger partial charge >= 0.3 is 6.09 Å². The van der Waals surface area contributed by atoms with Gasteiger partial charge in [-0.25, -0.2) is 14.8 Å². The van der Waals surface area contributed by atoms with Crippen molar-refractivity contribution in [2.75, 3.05) is 6.54 Å². The van der Waals surface area contributed by atoms with Gasteiger partial charge in [0.1, 0.15) is 5.82 Å². The van der Waals surface area contributed by atoms with E-state index in [1.165, 1.54) is 4.90 Å². The van der Waals surface area contributed by atoms with E-state index in [9.17, 15) is 20.3 Å². The predicted molar refractivity (Wildman–Crippen MR) is 172 cm³/mol. The van der Waals surface area contributed by atoms with Crippen molar-refractivity contribution < 1.29 is 15.0 Å². The number of carboxylic acid groups (broad SMARTS) is 1. The molecule has 2 N–H and O–H groups in total. The molecule has 0 saturated heterocycles. The highest BCUT2D eigenvalue weighted by Gasteiger charge is 2.27. The molecule has 1 saturated carbocycles. The molecule has 1 aliphatic carbocycles. The molecule has 8 heteroatoms. The van der Waals surface area contributed by atoms with Gasteiger partial charge in [0, 0.05) is 25.7 Å². The third kappa shape index (κ3) is 14.0. The Hall–Kier alpha value is -3.62. The van der Waals surface area contributed by atoms with E-state index in [-0.39, 0.29) is 5.92 Å². The molecule has 1 fully saturated rings. The summed E-state index contributed by atoms with van der Waals surface area (Å²) in [5, 5.41) is 28.9. The van der Waals surface area contributed by atoms with E-state index in [1.54, 1.807) is 39.1 Å². The number of rotatable bonds is 8. The number of nitrogens with zero attached hydrogens (tertiary/aromatic N) is 5. The molecule has 0 bridgehead atoms. The first kappa shape index (κ1) is 39.5. The largest absolute Gasteiger partial charge is 0.465 e. The highest BCUT2D eigenvalue weighted by Crippen LogP contribution is 2.32. The first-order valence-corrected chi connectivity index (χ1v) is 14.8. The molecule has 0 unspecified atom stereocenters. The topological polar surface area (TPSA) is 115 Å². The number of fused-ring (bicyclic) bond motifs is 1. The van der Waals surface area contributed by atoms with E-state index in [0.717, 1.165) is 43.3 Å². The van der Waals surface area contributed by atoms with Gasteiger partial charge in [0.25, 0.3) is 0 Å². The van der Waals surface area contributed by atoms with Crippen LogP contribution in [0.4, 0.5) is 4.79 Å². The van der Waals surface area contributed by atoms with Crippen LogP contribution in [0.2, 0.25) is 0 Å². The molecular weight excluding hydrogens is 514 g/mol. The third-order valence-electron chi connectivity index (χ3n) is 6.12. The van der Waals surface area contributed by atoms with Crippen molar-refractivity contribution in [3.05, 3.63) is 42.0 Å². The van der Waals surface area contributed by atoms with Gasteiger partial charge in [-0.2, -0.15) is 5.26 Å². The number of hydrogen-bond donors (Lipinski definition) is 2. The van der Waals surface area contributed by atoms with E-state index in [0.29, 0.717) is 30.3 Å². The van der Waals surface area contributed by atoms with Crippen molar-refractivity contribution in [3.8, 4) is 18.9 Å². The number of hydrogen-bond acceptors (Lipinski definition) is 5. The highest BCUT2D eigenvalue weighted by molar-refractivity contribution is 5.77. The van der Waals surface area contributed by atoms with Gasteiger partial charge in [-0.1, -0.05) is 48.0 Å². The second-order valence-electron chi connectivity index (χ2n) is 9.48. The van der Waals surface area contributed by atoms with Gasteiger partial charge in [-0.3, -0.25) is 4.90 Å². The maximum atomic E-state index is 12.0. The Balaban J connectivity index is 0. The number of amides is 1. The van der Waals surface area contributed by atoms with Crippen LogP contribution in [0.3, 0.4) is 0 Å². The molecule has 0 spiro atoms. The summed E-state index contributed by atoms with van der Waals surface area (Å²) >= 11 is 0. The van der Waals surface area contributed by atoms with Crippen molar-refractivity contribution in [3.63, 3.8) is 0 Å². The fourth-order valence-corrected chi connectivity index (χ4v) is 4.47. The van der Waals surface area contributed by atoms with Crippen LogP contribution in [0.25, 0.3) is 11.0 Å². The smallest absolute Gasteiger partial charge is 0.413 e. The zero-order valence-electron chi connectivity index (χ0n) is 26.8. The van der Waals surface area contributed by atoms with Crippen LogP contribution in [-0.2, 0) is 6.54 Å². The number of aliphatic imine (C=N–C) groups is 1. The summed E-state index contributed by atoms with van der Waals surface area (Å²) in [5.41, 5.74) is 1.56. The summed E-state index contributed by atoms with van der Waals surface area (Å²) in [6, 6.07) is 7.71. The van der Waals surface area contributed by atoms with Gasteiger partial charge in [-0.05, 0) is 76.1 Å². The molecule has 1 amide bonds. The van der Waals surface area contributed by atoms with Gasteiger partial charge in [0.05, 0.1) is 34.6 Å². The molecule has 1 heterocycles. The zero-order chi connectivity index (χ0) is 32.0. The van der Waals surface area contributed by atoms with Crippen LogP contribution in [0.5, 0.6) is 0 Å². The quantitative estimate of drug-likeness (QED) is 0.247. The van der Waals surface area contributed by atoms with Gasteiger partial charge in [0.15, 0.2) is 0 Å². The lowest BCUT2D eigenvalue weighted by molar-refractivity contribution is 0.0897. The Kier molecular flexibility index (Phi) is 21.3. The first-order chi connectivity index (χ1) is 19.7. The molecule has 1 aliphatic rings. The number of carbonyl (C=O) groups is 1. The normalized spacial score (nSPS) is 16.3. The van der Waals surface area contributed by atoms with E-state index < -0.39 is 11.7 Å². The minimum Gasteiger partial charge on any atom is -0.465 e. The molecule has 8 nitrogen and oxygen atoms in total. The summed E-state index contributed by atoms with van der Waals surface area (Å²) in [6.07, 6.45) is 16.5. The van der Waals surface area contributed by atoms with Crippen LogP contribution in [0, 0.1) is 36.0 Å². The molecule has 0 aliphatic heterocycles. The Labute approximate surface area is 248 Å². The summed E-state index contributed by atoms with van der Waals surface area (Å²) in [7, 11) is 0. The predicted octanol–water partition coefficient (Wildman–Crippen LogP) is 8.12. The molecule has 2 aromatic rings. The molecule has 3 rings (SSSR count). The second kappa shape index (κ2) is 22.1. The summed E-state index contributed by atoms with van der Waals surface area (Å²) in [4.78, 5) is 22.1. The number of imidazole rings is 1. The Morgan fingerprint density at radius 3 is 2.34 bits per heavy atom. The highest BCUT2D eigenvalue weighted by atomic mass is 16.4.